The minimum Gasteiger partial charge on any atom is -0.481 e. The number of carboxylic acids is 3. The zero-order valence-corrected chi connectivity index (χ0v) is 19.9. The Morgan fingerprint density at radius 2 is 1.26 bits per heavy atom. The highest BCUT2D eigenvalue weighted by molar-refractivity contribution is 5.78. The van der Waals surface area contributed by atoms with Crippen LogP contribution in [0.2, 0.25) is 0 Å². The molecule has 1 aliphatic rings. The predicted molar refractivity (Wildman–Crippen MR) is 122 cm³/mol. The van der Waals surface area contributed by atoms with Gasteiger partial charge in [-0.2, -0.15) is 0 Å². The van der Waals surface area contributed by atoms with E-state index in [1.165, 1.54) is 0 Å². The van der Waals surface area contributed by atoms with Gasteiger partial charge in [0.25, 0.3) is 0 Å². The average molecular weight is 504 g/mol. The Morgan fingerprint density at radius 1 is 0.771 bits per heavy atom. The molecule has 1 amide bonds. The van der Waals surface area contributed by atoms with Gasteiger partial charge in [-0.25, -0.2) is 0 Å². The molecular formula is C23H37NO11. The zero-order chi connectivity index (χ0) is 25.9. The Balaban J connectivity index is 2.81. The summed E-state index contributed by atoms with van der Waals surface area (Å²) < 4.78 is 22.2. The van der Waals surface area contributed by atoms with Crippen molar-refractivity contribution in [2.45, 2.75) is 63.0 Å². The fraction of sp³-hybridized carbons (Fsp3) is 0.739. The summed E-state index contributed by atoms with van der Waals surface area (Å²) in [4.78, 5) is 45.2. The second-order valence-electron chi connectivity index (χ2n) is 8.33. The molecule has 12 heteroatoms. The van der Waals surface area contributed by atoms with E-state index in [9.17, 15) is 19.2 Å². The summed E-state index contributed by atoms with van der Waals surface area (Å²) >= 11 is 0. The van der Waals surface area contributed by atoms with Crippen LogP contribution < -0.4 is 5.32 Å². The van der Waals surface area contributed by atoms with Crippen LogP contribution in [0.25, 0.3) is 0 Å². The van der Waals surface area contributed by atoms with Crippen LogP contribution in [-0.4, -0.2) is 97.0 Å². The summed E-state index contributed by atoms with van der Waals surface area (Å²) in [7, 11) is 0. The van der Waals surface area contributed by atoms with Crippen molar-refractivity contribution in [2.75, 3.05) is 46.2 Å². The maximum absolute atomic E-state index is 12.8. The molecule has 0 spiro atoms. The monoisotopic (exact) mass is 503 g/mol. The first kappa shape index (κ1) is 30.5. The molecular weight excluding hydrogens is 466 g/mol. The predicted octanol–water partition coefficient (Wildman–Crippen LogP) is 1.22. The zero-order valence-electron chi connectivity index (χ0n) is 19.9. The molecule has 1 rings (SSSR count). The summed E-state index contributed by atoms with van der Waals surface area (Å²) in [6.07, 6.45) is 7.79. The van der Waals surface area contributed by atoms with Crippen molar-refractivity contribution in [3.8, 4) is 0 Å². The second-order valence-corrected chi connectivity index (χ2v) is 8.33. The fourth-order valence-electron chi connectivity index (χ4n) is 3.33. The summed E-state index contributed by atoms with van der Waals surface area (Å²) in [6, 6.07) is 0. The Bertz CT molecular complexity index is 640. The lowest BCUT2D eigenvalue weighted by atomic mass is 10.0. The number of hydrogen-bond acceptors (Lipinski definition) is 8. The third-order valence-electron chi connectivity index (χ3n) is 5.09. The van der Waals surface area contributed by atoms with E-state index in [0.717, 1.165) is 32.1 Å². The van der Waals surface area contributed by atoms with Crippen molar-refractivity contribution in [3.63, 3.8) is 0 Å². The first-order valence-corrected chi connectivity index (χ1v) is 11.7. The first-order chi connectivity index (χ1) is 16.7. The number of ether oxygens (including phenoxy) is 4. The number of amides is 1. The van der Waals surface area contributed by atoms with Crippen molar-refractivity contribution in [3.05, 3.63) is 12.2 Å². The minimum atomic E-state index is -1.31. The Kier molecular flexibility index (Phi) is 15.5. The number of carbonyl (C=O) groups excluding carboxylic acids is 1. The van der Waals surface area contributed by atoms with Crippen LogP contribution >= 0.6 is 0 Å². The van der Waals surface area contributed by atoms with Crippen molar-refractivity contribution in [1.82, 2.24) is 5.32 Å². The van der Waals surface area contributed by atoms with Crippen molar-refractivity contribution in [2.24, 2.45) is 0 Å². The van der Waals surface area contributed by atoms with Gasteiger partial charge in [0.1, 0.15) is 12.1 Å². The van der Waals surface area contributed by atoms with E-state index < -0.39 is 29.4 Å². The molecule has 1 atom stereocenters. The molecule has 0 aromatic heterocycles. The first-order valence-electron chi connectivity index (χ1n) is 11.7. The quantitative estimate of drug-likeness (QED) is 0.147. The normalized spacial score (nSPS) is 17.2. The Hall–Kier alpha value is -2.54. The van der Waals surface area contributed by atoms with Crippen LogP contribution in [0.5, 0.6) is 0 Å². The molecule has 0 radical (unpaired) electrons. The summed E-state index contributed by atoms with van der Waals surface area (Å²) in [5.74, 6) is -3.65. The molecule has 4 N–H and O–H groups in total. The van der Waals surface area contributed by atoms with Gasteiger partial charge >= 0.3 is 17.9 Å². The maximum atomic E-state index is 12.8. The molecule has 0 aliphatic heterocycles. The number of carboxylic acid groups (broad SMARTS) is 3. The topological polar surface area (TPSA) is 178 Å². The smallest absolute Gasteiger partial charge is 0.305 e. The molecule has 0 aromatic carbocycles. The van der Waals surface area contributed by atoms with Gasteiger partial charge < -0.3 is 39.6 Å². The van der Waals surface area contributed by atoms with Gasteiger partial charge in [-0.1, -0.05) is 12.2 Å². The largest absolute Gasteiger partial charge is 0.481 e. The number of nitrogens with one attached hydrogen (secondary N) is 1. The highest BCUT2D eigenvalue weighted by Gasteiger charge is 2.34. The summed E-state index contributed by atoms with van der Waals surface area (Å²) in [5.41, 5.74) is -1.31. The number of hydrogen-bond donors (Lipinski definition) is 4. The number of carbonyl (C=O) groups is 4. The fourth-order valence-corrected chi connectivity index (χ4v) is 3.33. The molecule has 12 nitrogen and oxygen atoms in total. The molecule has 0 heterocycles. The number of aliphatic carboxylic acids is 3. The van der Waals surface area contributed by atoms with Crippen LogP contribution in [0.1, 0.15) is 51.4 Å². The van der Waals surface area contributed by atoms with Gasteiger partial charge in [-0.3, -0.25) is 19.2 Å². The lowest BCUT2D eigenvalue weighted by Crippen LogP contribution is -2.59. The van der Waals surface area contributed by atoms with Crippen LogP contribution in [0.3, 0.4) is 0 Å². The van der Waals surface area contributed by atoms with Crippen molar-refractivity contribution in [1.29, 1.82) is 0 Å². The van der Waals surface area contributed by atoms with Crippen LogP contribution in [0.4, 0.5) is 0 Å². The van der Waals surface area contributed by atoms with Gasteiger partial charge in [0.15, 0.2) is 0 Å². The average Bonchev–Trinajstić information content (AvgIpc) is 2.76. The minimum absolute atomic E-state index is 0.0643. The third-order valence-corrected chi connectivity index (χ3v) is 5.09. The van der Waals surface area contributed by atoms with E-state index in [0.29, 0.717) is 0 Å². The standard InChI is InChI=1S/C23H37NO11/c25-19(14-35-18-6-4-2-1-3-5-7-18)24-23(15-32-11-8-20(26)27,16-33-12-9-21(28)29)17-34-13-10-22(30)31/h1-2,18H,3-17H2,(H,24,25)(H,26,27)(H,28,29)(H,30,31)/b2-1+. The molecule has 0 saturated heterocycles. The van der Waals surface area contributed by atoms with E-state index in [-0.39, 0.29) is 71.6 Å². The third kappa shape index (κ3) is 15.9. The SMILES string of the molecule is O=C(O)CCOCC(COCCC(=O)O)(COCCC(=O)O)NC(=O)COC1CC/C=C/CCC1. The van der Waals surface area contributed by atoms with Gasteiger partial charge in [-0.05, 0) is 32.1 Å². The molecule has 0 saturated carbocycles. The Morgan fingerprint density at radius 3 is 1.74 bits per heavy atom. The summed E-state index contributed by atoms with van der Waals surface area (Å²) in [5, 5.41) is 29.3. The van der Waals surface area contributed by atoms with E-state index >= 15 is 0 Å². The highest BCUT2D eigenvalue weighted by atomic mass is 16.5. The summed E-state index contributed by atoms with van der Waals surface area (Å²) in [6.45, 7) is -1.22. The van der Waals surface area contributed by atoms with E-state index in [2.05, 4.69) is 17.5 Å². The van der Waals surface area contributed by atoms with Crippen LogP contribution in [0.15, 0.2) is 12.2 Å². The van der Waals surface area contributed by atoms with E-state index in [1.807, 2.05) is 0 Å². The number of rotatable bonds is 19. The molecule has 1 unspecified atom stereocenters. The van der Waals surface area contributed by atoms with Gasteiger partial charge in [-0.15, -0.1) is 0 Å². The van der Waals surface area contributed by atoms with Crippen LogP contribution in [-0.2, 0) is 38.1 Å². The van der Waals surface area contributed by atoms with Crippen molar-refractivity contribution < 1.29 is 53.4 Å². The lowest BCUT2D eigenvalue weighted by Gasteiger charge is -2.34. The molecule has 35 heavy (non-hydrogen) atoms. The van der Waals surface area contributed by atoms with Crippen molar-refractivity contribution >= 4 is 23.8 Å². The second kappa shape index (κ2) is 17.8. The van der Waals surface area contributed by atoms with Gasteiger partial charge in [0, 0.05) is 0 Å². The van der Waals surface area contributed by atoms with E-state index in [4.69, 9.17) is 34.3 Å². The van der Waals surface area contributed by atoms with Gasteiger partial charge in [0.05, 0.1) is 65.0 Å². The maximum Gasteiger partial charge on any atom is 0.305 e. The molecule has 1 aliphatic carbocycles. The highest BCUT2D eigenvalue weighted by Crippen LogP contribution is 2.16. The van der Waals surface area contributed by atoms with Gasteiger partial charge in [0.2, 0.25) is 5.91 Å². The molecule has 0 aromatic rings. The molecule has 0 fully saturated rings. The molecule has 0 bridgehead atoms. The number of allylic oxidation sites excluding steroid dienone is 2. The van der Waals surface area contributed by atoms with Crippen LogP contribution in [0, 0.1) is 0 Å². The molecule has 200 valence electrons. The Labute approximate surface area is 204 Å². The van der Waals surface area contributed by atoms with E-state index in [1.54, 1.807) is 0 Å². The lowest BCUT2D eigenvalue weighted by molar-refractivity contribution is -0.141.